The van der Waals surface area contributed by atoms with Crippen LogP contribution in [-0.2, 0) is 0 Å². The monoisotopic (exact) mass is 640 g/mol. The first-order valence-electron chi connectivity index (χ1n) is 14.5. The smallest absolute Gasteiger partial charge is 0.302 e. The Labute approximate surface area is 266 Å². The molecule has 13 heteroatoms. The number of likely N-dealkylation sites (N-methyl/N-ethyl adjacent to an activating group) is 1. The standard InChI is InChI=1S/C32H39F3N8OS/c1-18(2)42(6)16-19(3)43-17-23(14-40-43)25-15-39-31(37)28(30(25)38-5)29(36)22-9-12-26(41-45-32(34)35)27(13-22)44-20(4)21-7-10-24(33)11-8-21/h7-15,17-20,32,36,41H,16H2,1-6H3,(H3,37,38,39). The van der Waals surface area contributed by atoms with E-state index < -0.39 is 11.9 Å². The van der Waals surface area contributed by atoms with Crippen LogP contribution in [0.5, 0.6) is 5.75 Å². The maximum absolute atomic E-state index is 13.5. The van der Waals surface area contributed by atoms with E-state index in [1.807, 2.05) is 10.9 Å². The van der Waals surface area contributed by atoms with Crippen molar-refractivity contribution in [2.45, 2.75) is 51.6 Å². The molecule has 4 rings (SSSR count). The number of nitrogens with zero attached hydrogens (tertiary/aromatic N) is 4. The third kappa shape index (κ3) is 8.08. The molecule has 9 nitrogen and oxygen atoms in total. The number of alkyl halides is 2. The molecule has 0 aliphatic carbocycles. The fraction of sp³-hybridized carbons (Fsp3) is 0.344. The molecular weight excluding hydrogens is 601 g/mol. The largest absolute Gasteiger partial charge is 0.484 e. The Morgan fingerprint density at radius 1 is 1.11 bits per heavy atom. The van der Waals surface area contributed by atoms with E-state index in [0.717, 1.165) is 17.7 Å². The zero-order valence-corrected chi connectivity index (χ0v) is 26.9. The molecule has 0 saturated carbocycles. The van der Waals surface area contributed by atoms with Crippen LogP contribution in [0.2, 0.25) is 0 Å². The molecule has 2 unspecified atom stereocenters. The second-order valence-electron chi connectivity index (χ2n) is 11.0. The highest BCUT2D eigenvalue weighted by molar-refractivity contribution is 8.00. The average Bonchev–Trinajstić information content (AvgIpc) is 3.50. The molecule has 0 radical (unpaired) electrons. The van der Waals surface area contributed by atoms with Crippen LogP contribution in [-0.4, -0.2) is 57.8 Å². The molecule has 2 aromatic carbocycles. The van der Waals surface area contributed by atoms with Crippen molar-refractivity contribution in [3.8, 4) is 16.9 Å². The van der Waals surface area contributed by atoms with Crippen LogP contribution >= 0.6 is 11.9 Å². The Morgan fingerprint density at radius 2 is 1.82 bits per heavy atom. The highest BCUT2D eigenvalue weighted by atomic mass is 32.2. The van der Waals surface area contributed by atoms with Crippen molar-refractivity contribution in [1.29, 1.82) is 5.41 Å². The molecule has 4 aromatic rings. The zero-order chi connectivity index (χ0) is 32.8. The number of nitrogen functional groups attached to an aromatic ring is 1. The molecule has 0 spiro atoms. The quantitative estimate of drug-likeness (QED) is 0.0830. The summed E-state index contributed by atoms with van der Waals surface area (Å²) in [4.78, 5) is 6.66. The van der Waals surface area contributed by atoms with Gasteiger partial charge in [-0.1, -0.05) is 18.2 Å². The number of hydrogen-bond acceptors (Lipinski definition) is 9. The maximum Gasteiger partial charge on any atom is 0.302 e. The molecule has 5 N–H and O–H groups in total. The van der Waals surface area contributed by atoms with Gasteiger partial charge in [0.15, 0.2) is 0 Å². The normalized spacial score (nSPS) is 12.9. The van der Waals surface area contributed by atoms with Gasteiger partial charge in [0.05, 0.1) is 34.9 Å². The molecule has 0 aliphatic heterocycles. The van der Waals surface area contributed by atoms with E-state index in [4.69, 9.17) is 10.5 Å². The van der Waals surface area contributed by atoms with Crippen molar-refractivity contribution < 1.29 is 17.9 Å². The van der Waals surface area contributed by atoms with Gasteiger partial charge in [-0.05, 0) is 64.6 Å². The molecule has 0 fully saturated rings. The minimum atomic E-state index is -2.67. The van der Waals surface area contributed by atoms with Gasteiger partial charge in [0, 0.05) is 60.7 Å². The van der Waals surface area contributed by atoms with E-state index in [1.54, 1.807) is 56.7 Å². The first-order valence-corrected chi connectivity index (χ1v) is 15.3. The highest BCUT2D eigenvalue weighted by Gasteiger charge is 2.22. The van der Waals surface area contributed by atoms with Crippen molar-refractivity contribution in [3.63, 3.8) is 0 Å². The zero-order valence-electron chi connectivity index (χ0n) is 26.1. The number of rotatable bonds is 14. The Hall–Kier alpha value is -4.23. The van der Waals surface area contributed by atoms with Gasteiger partial charge in [-0.3, -0.25) is 10.1 Å². The van der Waals surface area contributed by atoms with Crippen LogP contribution in [0.15, 0.2) is 61.1 Å². The molecule has 45 heavy (non-hydrogen) atoms. The number of halogens is 3. The summed E-state index contributed by atoms with van der Waals surface area (Å²) in [6, 6.07) is 11.1. The summed E-state index contributed by atoms with van der Waals surface area (Å²) >= 11 is 0.233. The summed E-state index contributed by atoms with van der Waals surface area (Å²) in [5, 5.41) is 17.0. The van der Waals surface area contributed by atoms with E-state index in [1.165, 1.54) is 12.1 Å². The van der Waals surface area contributed by atoms with Crippen molar-refractivity contribution in [2.75, 3.05) is 36.4 Å². The summed E-state index contributed by atoms with van der Waals surface area (Å²) in [5.74, 6) is -2.67. The number of nitrogens with two attached hydrogens (primary N) is 1. The number of hydrogen-bond donors (Lipinski definition) is 4. The SMILES string of the molecule is CNc1c(-c2cnn(C(C)CN(C)C(C)C)c2)cnc(N)c1C(=N)c1ccc(NSC(F)F)c(OC(C)c2ccc(F)cc2)c1. The highest BCUT2D eigenvalue weighted by Crippen LogP contribution is 2.37. The van der Waals surface area contributed by atoms with Crippen molar-refractivity contribution >= 4 is 34.9 Å². The molecular formula is C32H39F3N8OS. The van der Waals surface area contributed by atoms with Gasteiger partial charge in [-0.25, -0.2) is 9.37 Å². The fourth-order valence-electron chi connectivity index (χ4n) is 4.79. The van der Waals surface area contributed by atoms with Crippen molar-refractivity contribution in [3.05, 3.63) is 83.6 Å². The Morgan fingerprint density at radius 3 is 2.47 bits per heavy atom. The molecule has 0 aliphatic rings. The molecule has 2 heterocycles. The second kappa shape index (κ2) is 14.7. The molecule has 2 atom stereocenters. The number of aromatic nitrogens is 3. The Balaban J connectivity index is 1.69. The Bertz CT molecular complexity index is 1610. The predicted molar refractivity (Wildman–Crippen MR) is 177 cm³/mol. The average molecular weight is 641 g/mol. The van der Waals surface area contributed by atoms with Crippen LogP contribution in [0.3, 0.4) is 0 Å². The van der Waals surface area contributed by atoms with Gasteiger partial charge in [-0.2, -0.15) is 13.9 Å². The number of pyridine rings is 1. The van der Waals surface area contributed by atoms with Crippen LogP contribution < -0.4 is 20.5 Å². The minimum absolute atomic E-state index is 0.0536. The first kappa shape index (κ1) is 33.7. The molecule has 0 saturated heterocycles. The first-order chi connectivity index (χ1) is 21.4. The lowest BCUT2D eigenvalue weighted by Crippen LogP contribution is -2.31. The fourth-order valence-corrected chi connectivity index (χ4v) is 5.18. The number of anilines is 3. The van der Waals surface area contributed by atoms with Crippen LogP contribution in [0, 0.1) is 11.2 Å². The van der Waals surface area contributed by atoms with Gasteiger partial charge >= 0.3 is 5.76 Å². The van der Waals surface area contributed by atoms with Gasteiger partial charge < -0.3 is 25.4 Å². The van der Waals surface area contributed by atoms with E-state index in [0.29, 0.717) is 34.1 Å². The summed E-state index contributed by atoms with van der Waals surface area (Å²) in [5.41, 5.74) is 10.3. The summed E-state index contributed by atoms with van der Waals surface area (Å²) in [6.45, 7) is 8.97. The number of ether oxygens (including phenoxy) is 1. The van der Waals surface area contributed by atoms with Crippen LogP contribution in [0.25, 0.3) is 11.1 Å². The lowest BCUT2D eigenvalue weighted by atomic mass is 9.97. The predicted octanol–water partition coefficient (Wildman–Crippen LogP) is 7.45. The molecule has 2 aromatic heterocycles. The summed E-state index contributed by atoms with van der Waals surface area (Å²) < 4.78 is 50.3. The van der Waals surface area contributed by atoms with Gasteiger partial charge in [0.1, 0.15) is 23.5 Å². The molecule has 0 bridgehead atoms. The van der Waals surface area contributed by atoms with E-state index in [2.05, 4.69) is 52.8 Å². The van der Waals surface area contributed by atoms with E-state index in [9.17, 15) is 18.6 Å². The summed E-state index contributed by atoms with van der Waals surface area (Å²) in [7, 11) is 3.82. The topological polar surface area (TPSA) is 117 Å². The van der Waals surface area contributed by atoms with E-state index in [-0.39, 0.29) is 41.1 Å². The van der Waals surface area contributed by atoms with Crippen molar-refractivity contribution in [2.24, 2.45) is 0 Å². The van der Waals surface area contributed by atoms with Crippen LogP contribution in [0.1, 0.15) is 56.5 Å². The Kier molecular flexibility index (Phi) is 11.0. The second-order valence-corrected chi connectivity index (χ2v) is 11.8. The summed E-state index contributed by atoms with van der Waals surface area (Å²) in [6.07, 6.45) is 4.81. The third-order valence-electron chi connectivity index (χ3n) is 7.58. The minimum Gasteiger partial charge on any atom is -0.484 e. The lowest BCUT2D eigenvalue weighted by Gasteiger charge is -2.25. The van der Waals surface area contributed by atoms with Crippen molar-refractivity contribution in [1.82, 2.24) is 19.7 Å². The number of nitrogens with one attached hydrogen (secondary N) is 3. The van der Waals surface area contributed by atoms with E-state index >= 15 is 0 Å². The van der Waals surface area contributed by atoms with Gasteiger partial charge in [-0.15, -0.1) is 0 Å². The van der Waals surface area contributed by atoms with Gasteiger partial charge in [0.2, 0.25) is 0 Å². The molecule has 240 valence electrons. The van der Waals surface area contributed by atoms with Crippen LogP contribution in [0.4, 0.5) is 30.4 Å². The number of benzene rings is 2. The van der Waals surface area contributed by atoms with Gasteiger partial charge in [0.25, 0.3) is 0 Å². The third-order valence-corrected chi connectivity index (χ3v) is 8.09. The molecule has 0 amide bonds. The lowest BCUT2D eigenvalue weighted by molar-refractivity contribution is 0.228. The maximum atomic E-state index is 13.5.